The first-order valence-electron chi connectivity index (χ1n) is 9.34. The summed E-state index contributed by atoms with van der Waals surface area (Å²) >= 11 is 0. The third-order valence-corrected chi connectivity index (χ3v) is 5.26. The molecule has 0 aliphatic carbocycles. The zero-order valence-corrected chi connectivity index (χ0v) is 15.3. The standard InChI is InChI=1S/C18H30N4O3/c1-14(2)15-12-16(20-19-15)17(23)22-6-3-4-18(24,5-7-22)13-21-8-10-25-11-9-21/h12,14,24H,3-11,13H2,1-2H3,(H,19,20). The fourth-order valence-corrected chi connectivity index (χ4v) is 3.62. The van der Waals surface area contributed by atoms with Gasteiger partial charge >= 0.3 is 0 Å². The summed E-state index contributed by atoms with van der Waals surface area (Å²) in [6.07, 6.45) is 2.15. The van der Waals surface area contributed by atoms with Gasteiger partial charge in [0.1, 0.15) is 5.69 Å². The van der Waals surface area contributed by atoms with E-state index in [1.807, 2.05) is 11.0 Å². The molecule has 2 aliphatic heterocycles. The normalized spacial score (nSPS) is 26.0. The van der Waals surface area contributed by atoms with Gasteiger partial charge in [0.05, 0.1) is 18.8 Å². The molecule has 140 valence electrons. The Kier molecular flexibility index (Phi) is 5.76. The van der Waals surface area contributed by atoms with Crippen LogP contribution in [0.5, 0.6) is 0 Å². The number of nitrogens with one attached hydrogen (secondary N) is 1. The van der Waals surface area contributed by atoms with Crippen LogP contribution in [0.15, 0.2) is 6.07 Å². The van der Waals surface area contributed by atoms with E-state index < -0.39 is 5.60 Å². The third-order valence-electron chi connectivity index (χ3n) is 5.26. The molecule has 7 nitrogen and oxygen atoms in total. The number of aromatic nitrogens is 2. The molecule has 0 radical (unpaired) electrons. The first-order valence-corrected chi connectivity index (χ1v) is 9.34. The van der Waals surface area contributed by atoms with Crippen molar-refractivity contribution >= 4 is 5.91 Å². The Hall–Kier alpha value is -1.44. The lowest BCUT2D eigenvalue weighted by atomic mass is 9.94. The SMILES string of the molecule is CC(C)c1cc(C(=O)N2CCCC(O)(CN3CCOCC3)CC2)n[nH]1. The number of carbonyl (C=O) groups excluding carboxylic acids is 1. The van der Waals surface area contributed by atoms with Crippen LogP contribution in [0, 0.1) is 0 Å². The molecule has 0 saturated carbocycles. The maximum atomic E-state index is 12.7. The van der Waals surface area contributed by atoms with Crippen molar-refractivity contribution in [1.29, 1.82) is 0 Å². The van der Waals surface area contributed by atoms with E-state index in [9.17, 15) is 9.90 Å². The molecule has 3 heterocycles. The van der Waals surface area contributed by atoms with Gasteiger partial charge in [0.15, 0.2) is 0 Å². The Morgan fingerprint density at radius 1 is 1.32 bits per heavy atom. The first-order chi connectivity index (χ1) is 12.0. The molecule has 0 spiro atoms. The summed E-state index contributed by atoms with van der Waals surface area (Å²) in [5.74, 6) is 0.274. The molecule has 1 aromatic heterocycles. The predicted molar refractivity (Wildman–Crippen MR) is 94.6 cm³/mol. The number of carbonyl (C=O) groups is 1. The van der Waals surface area contributed by atoms with Crippen molar-refractivity contribution in [2.24, 2.45) is 0 Å². The van der Waals surface area contributed by atoms with Crippen molar-refractivity contribution in [3.8, 4) is 0 Å². The van der Waals surface area contributed by atoms with Gasteiger partial charge in [0.2, 0.25) is 0 Å². The molecule has 3 rings (SSSR count). The van der Waals surface area contributed by atoms with Crippen LogP contribution in [0.2, 0.25) is 0 Å². The van der Waals surface area contributed by atoms with E-state index in [-0.39, 0.29) is 5.91 Å². The van der Waals surface area contributed by atoms with Crippen LogP contribution < -0.4 is 0 Å². The average Bonchev–Trinajstić information content (AvgIpc) is 3.01. The minimum atomic E-state index is -0.721. The van der Waals surface area contributed by atoms with E-state index in [2.05, 4.69) is 28.9 Å². The molecule has 0 bridgehead atoms. The van der Waals surface area contributed by atoms with Gasteiger partial charge in [-0.3, -0.25) is 14.8 Å². The number of ether oxygens (including phenoxy) is 1. The second kappa shape index (κ2) is 7.85. The van der Waals surface area contributed by atoms with Gasteiger partial charge < -0.3 is 14.7 Å². The number of likely N-dealkylation sites (tertiary alicyclic amines) is 1. The van der Waals surface area contributed by atoms with Crippen molar-refractivity contribution in [3.63, 3.8) is 0 Å². The van der Waals surface area contributed by atoms with Crippen molar-refractivity contribution in [3.05, 3.63) is 17.5 Å². The largest absolute Gasteiger partial charge is 0.388 e. The fraction of sp³-hybridized carbons (Fsp3) is 0.778. The number of amides is 1. The first kappa shape index (κ1) is 18.4. The van der Waals surface area contributed by atoms with Crippen molar-refractivity contribution < 1.29 is 14.6 Å². The van der Waals surface area contributed by atoms with Gasteiger partial charge in [-0.1, -0.05) is 13.8 Å². The Bertz CT molecular complexity index is 583. The number of hydrogen-bond acceptors (Lipinski definition) is 5. The van der Waals surface area contributed by atoms with E-state index in [1.54, 1.807) is 0 Å². The molecule has 1 atom stereocenters. The van der Waals surface area contributed by atoms with E-state index in [1.165, 1.54) is 0 Å². The quantitative estimate of drug-likeness (QED) is 0.853. The number of hydrogen-bond donors (Lipinski definition) is 2. The van der Waals surface area contributed by atoms with E-state index in [0.29, 0.717) is 37.7 Å². The fourth-order valence-electron chi connectivity index (χ4n) is 3.62. The lowest BCUT2D eigenvalue weighted by Crippen LogP contribution is -2.48. The topological polar surface area (TPSA) is 81.7 Å². The van der Waals surface area contributed by atoms with Crippen LogP contribution >= 0.6 is 0 Å². The molecule has 2 aliphatic rings. The van der Waals surface area contributed by atoms with Gasteiger partial charge in [-0.05, 0) is 31.2 Å². The molecule has 7 heteroatoms. The van der Waals surface area contributed by atoms with Gasteiger partial charge in [-0.15, -0.1) is 0 Å². The minimum absolute atomic E-state index is 0.0428. The van der Waals surface area contributed by atoms with Crippen LogP contribution in [-0.4, -0.2) is 82.5 Å². The summed E-state index contributed by atoms with van der Waals surface area (Å²) in [6.45, 7) is 9.26. The Balaban J connectivity index is 1.59. The molecule has 25 heavy (non-hydrogen) atoms. The lowest BCUT2D eigenvalue weighted by molar-refractivity contribution is -0.0389. The summed E-state index contributed by atoms with van der Waals surface area (Å²) in [7, 11) is 0. The molecular formula is C18H30N4O3. The number of morpholine rings is 1. The average molecular weight is 350 g/mol. The number of rotatable bonds is 4. The lowest BCUT2D eigenvalue weighted by Gasteiger charge is -2.35. The van der Waals surface area contributed by atoms with Gasteiger partial charge in [-0.25, -0.2) is 0 Å². The molecule has 2 N–H and O–H groups in total. The number of nitrogens with zero attached hydrogens (tertiary/aromatic N) is 3. The zero-order chi connectivity index (χ0) is 17.9. The Morgan fingerprint density at radius 2 is 2.08 bits per heavy atom. The highest BCUT2D eigenvalue weighted by Crippen LogP contribution is 2.25. The van der Waals surface area contributed by atoms with Crippen LogP contribution in [0.25, 0.3) is 0 Å². The molecule has 2 saturated heterocycles. The molecule has 1 aromatic rings. The maximum absolute atomic E-state index is 12.7. The Morgan fingerprint density at radius 3 is 2.76 bits per heavy atom. The van der Waals surface area contributed by atoms with Crippen molar-refractivity contribution in [2.45, 2.75) is 44.6 Å². The molecule has 1 amide bonds. The summed E-state index contributed by atoms with van der Waals surface area (Å²) in [5, 5.41) is 18.1. The van der Waals surface area contributed by atoms with Crippen LogP contribution in [-0.2, 0) is 4.74 Å². The van der Waals surface area contributed by atoms with Gasteiger partial charge in [-0.2, -0.15) is 5.10 Å². The minimum Gasteiger partial charge on any atom is -0.388 e. The molecule has 1 unspecified atom stereocenters. The maximum Gasteiger partial charge on any atom is 0.274 e. The highest BCUT2D eigenvalue weighted by Gasteiger charge is 2.34. The van der Waals surface area contributed by atoms with Crippen molar-refractivity contribution in [1.82, 2.24) is 20.0 Å². The second-order valence-corrected chi connectivity index (χ2v) is 7.62. The van der Waals surface area contributed by atoms with Crippen LogP contribution in [0.1, 0.15) is 55.2 Å². The van der Waals surface area contributed by atoms with Crippen molar-refractivity contribution in [2.75, 3.05) is 45.9 Å². The number of β-amino-alcohol motifs (C(OH)–C–C–N with tert-alkyl or cyclic N) is 1. The second-order valence-electron chi connectivity index (χ2n) is 7.62. The van der Waals surface area contributed by atoms with Crippen LogP contribution in [0.4, 0.5) is 0 Å². The summed E-state index contributed by atoms with van der Waals surface area (Å²) < 4.78 is 5.38. The number of H-pyrrole nitrogens is 1. The van der Waals surface area contributed by atoms with E-state index in [0.717, 1.165) is 44.8 Å². The molecular weight excluding hydrogens is 320 g/mol. The number of aromatic amines is 1. The monoisotopic (exact) mass is 350 g/mol. The summed E-state index contributed by atoms with van der Waals surface area (Å²) in [6, 6.07) is 1.85. The van der Waals surface area contributed by atoms with E-state index >= 15 is 0 Å². The summed E-state index contributed by atoms with van der Waals surface area (Å²) in [4.78, 5) is 16.8. The Labute approximate surface area is 149 Å². The highest BCUT2D eigenvalue weighted by molar-refractivity contribution is 5.92. The molecule has 0 aromatic carbocycles. The smallest absolute Gasteiger partial charge is 0.274 e. The van der Waals surface area contributed by atoms with E-state index in [4.69, 9.17) is 4.74 Å². The number of aliphatic hydroxyl groups is 1. The van der Waals surface area contributed by atoms with Crippen LogP contribution in [0.3, 0.4) is 0 Å². The zero-order valence-electron chi connectivity index (χ0n) is 15.3. The van der Waals surface area contributed by atoms with Gasteiger partial charge in [0, 0.05) is 38.4 Å². The third kappa shape index (κ3) is 4.59. The molecule has 2 fully saturated rings. The summed E-state index contributed by atoms with van der Waals surface area (Å²) in [5.41, 5.74) is 0.727. The van der Waals surface area contributed by atoms with Gasteiger partial charge in [0.25, 0.3) is 5.91 Å². The predicted octanol–water partition coefficient (Wildman–Crippen LogP) is 1.22. The highest BCUT2D eigenvalue weighted by atomic mass is 16.5.